The van der Waals surface area contributed by atoms with Crippen molar-refractivity contribution in [2.75, 3.05) is 13.6 Å². The molecule has 3 heteroatoms. The van der Waals surface area contributed by atoms with Gasteiger partial charge in [-0.25, -0.2) is 0 Å². The minimum atomic E-state index is 0.482. The molecule has 2 N–H and O–H groups in total. The molecule has 0 spiro atoms. The van der Waals surface area contributed by atoms with E-state index < -0.39 is 0 Å². The summed E-state index contributed by atoms with van der Waals surface area (Å²) in [6.07, 6.45) is 7.08. The standard InChI is InChI=1S/C17H26N2S/c1-13-10-15(17(18)20)8-9-16(13)12-19(2)11-14-6-4-3-5-7-14/h8-10,14H,3-7,11-12H2,1-2H3,(H2,18,20). The van der Waals surface area contributed by atoms with Crippen molar-refractivity contribution in [1.82, 2.24) is 4.90 Å². The van der Waals surface area contributed by atoms with Crippen LogP contribution in [0.2, 0.25) is 0 Å². The summed E-state index contributed by atoms with van der Waals surface area (Å²) in [6, 6.07) is 6.31. The number of nitrogens with zero attached hydrogens (tertiary/aromatic N) is 1. The van der Waals surface area contributed by atoms with Gasteiger partial charge in [-0.2, -0.15) is 0 Å². The van der Waals surface area contributed by atoms with Crippen LogP contribution in [0, 0.1) is 12.8 Å². The predicted molar refractivity (Wildman–Crippen MR) is 90.0 cm³/mol. The van der Waals surface area contributed by atoms with Crippen LogP contribution in [0.15, 0.2) is 18.2 Å². The van der Waals surface area contributed by atoms with E-state index in [2.05, 4.69) is 31.0 Å². The van der Waals surface area contributed by atoms with Gasteiger partial charge in [0.05, 0.1) is 0 Å². The molecule has 1 aliphatic rings. The normalized spacial score (nSPS) is 16.6. The first-order valence-corrected chi connectivity index (χ1v) is 8.05. The summed E-state index contributed by atoms with van der Waals surface area (Å²) in [5.74, 6) is 0.893. The number of nitrogens with two attached hydrogens (primary N) is 1. The Morgan fingerprint density at radius 3 is 2.60 bits per heavy atom. The predicted octanol–water partition coefficient (Wildman–Crippen LogP) is 3.64. The van der Waals surface area contributed by atoms with Gasteiger partial charge in [-0.05, 0) is 49.9 Å². The Labute approximate surface area is 128 Å². The highest BCUT2D eigenvalue weighted by molar-refractivity contribution is 7.80. The van der Waals surface area contributed by atoms with Crippen molar-refractivity contribution in [3.8, 4) is 0 Å². The van der Waals surface area contributed by atoms with Crippen LogP contribution in [0.5, 0.6) is 0 Å². The Hall–Kier alpha value is -0.930. The minimum absolute atomic E-state index is 0.482. The Kier molecular flexibility index (Phi) is 5.55. The van der Waals surface area contributed by atoms with Crippen molar-refractivity contribution in [2.24, 2.45) is 11.7 Å². The molecule has 0 atom stereocenters. The third-order valence-electron chi connectivity index (χ3n) is 4.36. The third kappa shape index (κ3) is 4.29. The largest absolute Gasteiger partial charge is 0.389 e. The number of hydrogen-bond donors (Lipinski definition) is 1. The molecule has 0 unspecified atom stereocenters. The van der Waals surface area contributed by atoms with Gasteiger partial charge in [-0.15, -0.1) is 0 Å². The van der Waals surface area contributed by atoms with E-state index >= 15 is 0 Å². The molecule has 1 fully saturated rings. The molecule has 1 aromatic rings. The van der Waals surface area contributed by atoms with Gasteiger partial charge in [0.25, 0.3) is 0 Å². The van der Waals surface area contributed by atoms with Crippen LogP contribution < -0.4 is 5.73 Å². The van der Waals surface area contributed by atoms with E-state index in [1.807, 2.05) is 6.07 Å². The molecule has 0 aliphatic heterocycles. The second-order valence-electron chi connectivity index (χ2n) is 6.21. The van der Waals surface area contributed by atoms with Crippen molar-refractivity contribution < 1.29 is 0 Å². The third-order valence-corrected chi connectivity index (χ3v) is 4.60. The van der Waals surface area contributed by atoms with E-state index in [4.69, 9.17) is 18.0 Å². The lowest BCUT2D eigenvalue weighted by Gasteiger charge is -2.27. The average molecular weight is 290 g/mol. The van der Waals surface area contributed by atoms with Gasteiger partial charge in [0, 0.05) is 18.7 Å². The zero-order valence-electron chi connectivity index (χ0n) is 12.7. The maximum Gasteiger partial charge on any atom is 0.103 e. The molecule has 1 aliphatic carbocycles. The molecule has 20 heavy (non-hydrogen) atoms. The molecule has 0 heterocycles. The average Bonchev–Trinajstić information content (AvgIpc) is 2.42. The number of hydrogen-bond acceptors (Lipinski definition) is 2. The first-order chi connectivity index (χ1) is 9.56. The van der Waals surface area contributed by atoms with Crippen LogP contribution in [0.25, 0.3) is 0 Å². The van der Waals surface area contributed by atoms with Gasteiger partial charge in [0.15, 0.2) is 0 Å². The Morgan fingerprint density at radius 2 is 2.00 bits per heavy atom. The minimum Gasteiger partial charge on any atom is -0.389 e. The van der Waals surface area contributed by atoms with Gasteiger partial charge in [-0.3, -0.25) is 0 Å². The van der Waals surface area contributed by atoms with E-state index in [-0.39, 0.29) is 0 Å². The second-order valence-corrected chi connectivity index (χ2v) is 6.65. The fourth-order valence-electron chi connectivity index (χ4n) is 3.19. The van der Waals surface area contributed by atoms with Crippen molar-refractivity contribution in [3.05, 3.63) is 34.9 Å². The van der Waals surface area contributed by atoms with Crippen molar-refractivity contribution in [1.29, 1.82) is 0 Å². The van der Waals surface area contributed by atoms with Crippen LogP contribution in [0.1, 0.15) is 48.8 Å². The molecule has 2 nitrogen and oxygen atoms in total. The molecule has 1 saturated carbocycles. The highest BCUT2D eigenvalue weighted by Crippen LogP contribution is 2.24. The molecular weight excluding hydrogens is 264 g/mol. The monoisotopic (exact) mass is 290 g/mol. The van der Waals surface area contributed by atoms with Crippen LogP contribution in [0.4, 0.5) is 0 Å². The topological polar surface area (TPSA) is 29.3 Å². The number of aryl methyl sites for hydroxylation is 1. The van der Waals surface area contributed by atoms with Gasteiger partial charge in [0.2, 0.25) is 0 Å². The molecule has 0 aromatic heterocycles. The highest BCUT2D eigenvalue weighted by atomic mass is 32.1. The van der Waals surface area contributed by atoms with Crippen LogP contribution >= 0.6 is 12.2 Å². The quantitative estimate of drug-likeness (QED) is 0.840. The highest BCUT2D eigenvalue weighted by Gasteiger charge is 2.15. The maximum absolute atomic E-state index is 5.68. The van der Waals surface area contributed by atoms with E-state index in [1.54, 1.807) is 0 Å². The van der Waals surface area contributed by atoms with E-state index in [0.29, 0.717) is 4.99 Å². The summed E-state index contributed by atoms with van der Waals surface area (Å²) >= 11 is 5.03. The molecular formula is C17H26N2S. The fourth-order valence-corrected chi connectivity index (χ4v) is 3.32. The zero-order chi connectivity index (χ0) is 14.5. The fraction of sp³-hybridized carbons (Fsp3) is 0.588. The number of thiocarbonyl (C=S) groups is 1. The van der Waals surface area contributed by atoms with Gasteiger partial charge in [0.1, 0.15) is 4.99 Å². The summed E-state index contributed by atoms with van der Waals surface area (Å²) in [5.41, 5.74) is 9.31. The first-order valence-electron chi connectivity index (χ1n) is 7.64. The van der Waals surface area contributed by atoms with E-state index in [1.165, 1.54) is 49.8 Å². The molecule has 1 aromatic carbocycles. The number of rotatable bonds is 5. The summed E-state index contributed by atoms with van der Waals surface area (Å²) in [4.78, 5) is 2.94. The maximum atomic E-state index is 5.68. The molecule has 0 saturated heterocycles. The summed E-state index contributed by atoms with van der Waals surface area (Å²) < 4.78 is 0. The van der Waals surface area contributed by atoms with Gasteiger partial charge < -0.3 is 10.6 Å². The lowest BCUT2D eigenvalue weighted by Crippen LogP contribution is -2.27. The smallest absolute Gasteiger partial charge is 0.103 e. The Bertz CT molecular complexity index is 464. The molecule has 110 valence electrons. The molecule has 0 bridgehead atoms. The summed E-state index contributed by atoms with van der Waals surface area (Å²) in [6.45, 7) is 4.38. The lowest BCUT2D eigenvalue weighted by atomic mass is 9.89. The van der Waals surface area contributed by atoms with Crippen molar-refractivity contribution in [3.63, 3.8) is 0 Å². The Balaban J connectivity index is 1.93. The molecule has 2 rings (SSSR count). The molecule has 0 amide bonds. The van der Waals surface area contributed by atoms with Crippen LogP contribution in [-0.4, -0.2) is 23.5 Å². The SMILES string of the molecule is Cc1cc(C(N)=S)ccc1CN(C)CC1CCCCC1. The number of benzene rings is 1. The second kappa shape index (κ2) is 7.19. The lowest BCUT2D eigenvalue weighted by molar-refractivity contribution is 0.228. The summed E-state index contributed by atoms with van der Waals surface area (Å²) in [7, 11) is 2.23. The van der Waals surface area contributed by atoms with Gasteiger partial charge in [-0.1, -0.05) is 43.6 Å². The van der Waals surface area contributed by atoms with Crippen molar-refractivity contribution >= 4 is 17.2 Å². The first kappa shape index (κ1) is 15.5. The van der Waals surface area contributed by atoms with Crippen LogP contribution in [-0.2, 0) is 6.54 Å². The molecule has 0 radical (unpaired) electrons. The van der Waals surface area contributed by atoms with Crippen molar-refractivity contribution in [2.45, 2.75) is 45.6 Å². The summed E-state index contributed by atoms with van der Waals surface area (Å²) in [5, 5.41) is 0. The van der Waals surface area contributed by atoms with E-state index in [0.717, 1.165) is 18.0 Å². The van der Waals surface area contributed by atoms with Gasteiger partial charge >= 0.3 is 0 Å². The zero-order valence-corrected chi connectivity index (χ0v) is 13.5. The van der Waals surface area contributed by atoms with E-state index in [9.17, 15) is 0 Å². The van der Waals surface area contributed by atoms with Crippen LogP contribution in [0.3, 0.4) is 0 Å². The Morgan fingerprint density at radius 1 is 1.30 bits per heavy atom.